The Hall–Kier alpha value is -3.11. The van der Waals surface area contributed by atoms with E-state index in [1.807, 2.05) is 0 Å². The molecule has 25 heavy (non-hydrogen) atoms. The molecule has 10 heteroatoms. The summed E-state index contributed by atoms with van der Waals surface area (Å²) in [6, 6.07) is 2.74. The number of phenolic OH excluding ortho intramolecular Hbond substituents is 1. The van der Waals surface area contributed by atoms with E-state index in [0.29, 0.717) is 5.56 Å². The minimum atomic E-state index is -2.42. The minimum Gasteiger partial charge on any atom is -0.502 e. The highest BCUT2D eigenvalue weighted by Gasteiger charge is 2.32. The molecule has 0 aliphatic heterocycles. The van der Waals surface area contributed by atoms with Crippen molar-refractivity contribution in [1.29, 1.82) is 0 Å². The zero-order valence-corrected chi connectivity index (χ0v) is 13.2. The van der Waals surface area contributed by atoms with Crippen molar-refractivity contribution in [2.24, 2.45) is 0 Å². The standard InChI is InChI=1S/C15H16O10/c1-23-8-5-7(6-9(24-2)11(8)17)3-4-10(16)25-15(22)13(19)12(18)14(20)21/h3-6,12-13,17-19H,1-2H3,(H,20,21)/b4-3+. The Balaban J connectivity index is 2.83. The van der Waals surface area contributed by atoms with Crippen molar-refractivity contribution in [1.82, 2.24) is 0 Å². The quantitative estimate of drug-likeness (QED) is 0.279. The predicted octanol–water partition coefficient (Wildman–Crippen LogP) is -0.701. The first-order chi connectivity index (χ1) is 11.7. The smallest absolute Gasteiger partial charge is 0.346 e. The van der Waals surface area contributed by atoms with Crippen molar-refractivity contribution in [3.05, 3.63) is 23.8 Å². The molecule has 10 nitrogen and oxygen atoms in total. The Morgan fingerprint density at radius 1 is 1.04 bits per heavy atom. The molecular formula is C15H16O10. The second-order valence-corrected chi connectivity index (χ2v) is 4.58. The molecular weight excluding hydrogens is 340 g/mol. The van der Waals surface area contributed by atoms with Gasteiger partial charge in [-0.05, 0) is 23.8 Å². The first-order valence-electron chi connectivity index (χ1n) is 6.69. The molecule has 0 saturated carbocycles. The number of methoxy groups -OCH3 is 2. The molecule has 0 radical (unpaired) electrons. The molecule has 4 N–H and O–H groups in total. The molecule has 0 heterocycles. The van der Waals surface area contributed by atoms with Gasteiger partial charge in [0.25, 0.3) is 0 Å². The lowest BCUT2D eigenvalue weighted by Crippen LogP contribution is -2.41. The van der Waals surface area contributed by atoms with Crippen LogP contribution in [-0.4, -0.2) is 64.8 Å². The number of aliphatic hydroxyl groups excluding tert-OH is 2. The van der Waals surface area contributed by atoms with Gasteiger partial charge >= 0.3 is 17.9 Å². The zero-order valence-electron chi connectivity index (χ0n) is 13.2. The van der Waals surface area contributed by atoms with Crippen LogP contribution in [0.4, 0.5) is 0 Å². The molecule has 0 aromatic heterocycles. The van der Waals surface area contributed by atoms with Gasteiger partial charge in [0, 0.05) is 6.08 Å². The molecule has 1 aromatic rings. The van der Waals surface area contributed by atoms with Gasteiger partial charge < -0.3 is 34.6 Å². The van der Waals surface area contributed by atoms with Gasteiger partial charge in [0.05, 0.1) is 14.2 Å². The summed E-state index contributed by atoms with van der Waals surface area (Å²) >= 11 is 0. The van der Waals surface area contributed by atoms with Crippen LogP contribution in [0.25, 0.3) is 6.08 Å². The van der Waals surface area contributed by atoms with Crippen LogP contribution < -0.4 is 9.47 Å². The van der Waals surface area contributed by atoms with Crippen LogP contribution in [0, 0.1) is 0 Å². The maximum absolute atomic E-state index is 11.5. The predicted molar refractivity (Wildman–Crippen MR) is 81.0 cm³/mol. The fourth-order valence-electron chi connectivity index (χ4n) is 1.63. The summed E-state index contributed by atoms with van der Waals surface area (Å²) in [5.41, 5.74) is 0.349. The lowest BCUT2D eigenvalue weighted by Gasteiger charge is -2.11. The molecule has 0 aliphatic rings. The number of hydrogen-bond acceptors (Lipinski definition) is 9. The number of phenols is 1. The first-order valence-corrected chi connectivity index (χ1v) is 6.69. The lowest BCUT2D eigenvalue weighted by atomic mass is 10.1. The molecule has 0 spiro atoms. The SMILES string of the molecule is COc1cc(/C=C/C(=O)OC(=O)C(O)C(O)C(=O)O)cc(OC)c1O. The van der Waals surface area contributed by atoms with E-state index in [4.69, 9.17) is 19.7 Å². The third kappa shape index (κ3) is 5.19. The second-order valence-electron chi connectivity index (χ2n) is 4.58. The number of rotatable bonds is 7. The second kappa shape index (κ2) is 8.66. The average molecular weight is 356 g/mol. The number of carboxylic acids is 1. The molecule has 0 fully saturated rings. The summed E-state index contributed by atoms with van der Waals surface area (Å²) in [6.07, 6.45) is -2.83. The number of carbonyl (C=O) groups excluding carboxylic acids is 2. The average Bonchev–Trinajstić information content (AvgIpc) is 2.59. The summed E-state index contributed by atoms with van der Waals surface area (Å²) in [5, 5.41) is 36.4. The fraction of sp³-hybridized carbons (Fsp3) is 0.267. The van der Waals surface area contributed by atoms with Crippen molar-refractivity contribution in [3.63, 3.8) is 0 Å². The number of aromatic hydroxyl groups is 1. The molecule has 2 unspecified atom stereocenters. The number of esters is 2. The van der Waals surface area contributed by atoms with E-state index < -0.39 is 30.1 Å². The topological polar surface area (TPSA) is 160 Å². The number of aliphatic carboxylic acids is 1. The van der Waals surface area contributed by atoms with Crippen molar-refractivity contribution in [3.8, 4) is 17.2 Å². The van der Waals surface area contributed by atoms with Crippen LogP contribution in [0.5, 0.6) is 17.2 Å². The molecule has 0 aliphatic carbocycles. The van der Waals surface area contributed by atoms with E-state index in [0.717, 1.165) is 6.08 Å². The number of benzene rings is 1. The van der Waals surface area contributed by atoms with Crippen LogP contribution in [0.15, 0.2) is 18.2 Å². The third-order valence-electron chi connectivity index (χ3n) is 2.91. The number of ether oxygens (including phenoxy) is 3. The molecule has 0 bridgehead atoms. The van der Waals surface area contributed by atoms with Gasteiger partial charge in [0.15, 0.2) is 23.7 Å². The van der Waals surface area contributed by atoms with E-state index in [9.17, 15) is 24.6 Å². The minimum absolute atomic E-state index is 0.0726. The number of aliphatic hydroxyl groups is 2. The summed E-state index contributed by atoms with van der Waals surface area (Å²) in [4.78, 5) is 33.3. The summed E-state index contributed by atoms with van der Waals surface area (Å²) in [5.74, 6) is -4.79. The maximum atomic E-state index is 11.5. The summed E-state index contributed by atoms with van der Waals surface area (Å²) in [6.45, 7) is 0. The van der Waals surface area contributed by atoms with E-state index in [2.05, 4.69) is 4.74 Å². The molecule has 0 saturated heterocycles. The molecule has 2 atom stereocenters. The van der Waals surface area contributed by atoms with Crippen LogP contribution in [-0.2, 0) is 19.1 Å². The summed E-state index contributed by atoms with van der Waals surface area (Å²) < 4.78 is 14.1. The highest BCUT2D eigenvalue weighted by molar-refractivity contribution is 5.97. The number of hydrogen-bond donors (Lipinski definition) is 4. The molecule has 0 amide bonds. The van der Waals surface area contributed by atoms with Gasteiger partial charge in [-0.15, -0.1) is 0 Å². The number of carbonyl (C=O) groups is 3. The van der Waals surface area contributed by atoms with Gasteiger partial charge in [-0.25, -0.2) is 14.4 Å². The van der Waals surface area contributed by atoms with Crippen molar-refractivity contribution in [2.75, 3.05) is 14.2 Å². The number of carboxylic acid groups (broad SMARTS) is 1. The highest BCUT2D eigenvalue weighted by Crippen LogP contribution is 2.37. The Labute approximate surface area is 141 Å². The largest absolute Gasteiger partial charge is 0.502 e. The van der Waals surface area contributed by atoms with Crippen molar-refractivity contribution in [2.45, 2.75) is 12.2 Å². The van der Waals surface area contributed by atoms with Crippen LogP contribution >= 0.6 is 0 Å². The maximum Gasteiger partial charge on any atom is 0.346 e. The van der Waals surface area contributed by atoms with E-state index in [1.54, 1.807) is 0 Å². The molecule has 1 aromatic carbocycles. The summed E-state index contributed by atoms with van der Waals surface area (Å²) in [7, 11) is 2.62. The Bertz CT molecular complexity index is 669. The zero-order chi connectivity index (χ0) is 19.1. The molecule has 1 rings (SSSR count). The van der Waals surface area contributed by atoms with Crippen molar-refractivity contribution >= 4 is 24.0 Å². The van der Waals surface area contributed by atoms with Crippen LogP contribution in [0.3, 0.4) is 0 Å². The third-order valence-corrected chi connectivity index (χ3v) is 2.91. The van der Waals surface area contributed by atoms with E-state index in [-0.39, 0.29) is 17.2 Å². The Morgan fingerprint density at radius 3 is 2.00 bits per heavy atom. The van der Waals surface area contributed by atoms with E-state index in [1.165, 1.54) is 32.4 Å². The lowest BCUT2D eigenvalue weighted by molar-refractivity contribution is -0.173. The monoisotopic (exact) mass is 356 g/mol. The van der Waals surface area contributed by atoms with E-state index >= 15 is 0 Å². The van der Waals surface area contributed by atoms with Crippen molar-refractivity contribution < 1.29 is 49.0 Å². The van der Waals surface area contributed by atoms with Gasteiger partial charge in [0.2, 0.25) is 5.75 Å². The Kier molecular flexibility index (Phi) is 6.91. The normalized spacial score (nSPS) is 13.1. The van der Waals surface area contributed by atoms with Gasteiger partial charge in [-0.2, -0.15) is 0 Å². The first kappa shape index (κ1) is 19.9. The Morgan fingerprint density at radius 2 is 1.56 bits per heavy atom. The highest BCUT2D eigenvalue weighted by atomic mass is 16.6. The van der Waals surface area contributed by atoms with Crippen LogP contribution in [0.2, 0.25) is 0 Å². The molecule has 136 valence electrons. The van der Waals surface area contributed by atoms with Gasteiger partial charge in [-0.1, -0.05) is 0 Å². The van der Waals surface area contributed by atoms with Crippen LogP contribution in [0.1, 0.15) is 5.56 Å². The fourth-order valence-corrected chi connectivity index (χ4v) is 1.63. The van der Waals surface area contributed by atoms with Gasteiger partial charge in [0.1, 0.15) is 0 Å². The van der Waals surface area contributed by atoms with Gasteiger partial charge in [-0.3, -0.25) is 0 Å².